The van der Waals surface area contributed by atoms with Crippen LogP contribution >= 0.6 is 0 Å². The average Bonchev–Trinajstić information content (AvgIpc) is 2.78. The number of carbonyl (C=O) groups is 1. The first-order valence-electron chi connectivity index (χ1n) is 13.8. The van der Waals surface area contributed by atoms with Crippen molar-refractivity contribution in [3.05, 3.63) is 0 Å². The number of nitrogens with one attached hydrogen (secondary N) is 3. The van der Waals surface area contributed by atoms with E-state index in [1.165, 1.54) is 70.6 Å². The van der Waals surface area contributed by atoms with Crippen molar-refractivity contribution in [3.63, 3.8) is 0 Å². The zero-order chi connectivity index (χ0) is 24.8. The van der Waals surface area contributed by atoms with Crippen LogP contribution in [0.25, 0.3) is 0 Å². The molecule has 7 nitrogen and oxygen atoms in total. The Labute approximate surface area is 205 Å². The van der Waals surface area contributed by atoms with Gasteiger partial charge in [-0.2, -0.15) is 0 Å². The Morgan fingerprint density at radius 3 is 1.27 bits per heavy atom. The molecule has 33 heavy (non-hydrogen) atoms. The number of unbranched alkanes of at least 4 members (excludes halogenated alkanes) is 11. The van der Waals surface area contributed by atoms with E-state index in [1.54, 1.807) is 0 Å². The summed E-state index contributed by atoms with van der Waals surface area (Å²) < 4.78 is 0. The van der Waals surface area contributed by atoms with Crippen molar-refractivity contribution < 1.29 is 9.90 Å². The molecule has 0 bridgehead atoms. The van der Waals surface area contributed by atoms with Gasteiger partial charge in [-0.15, -0.1) is 0 Å². The first kappa shape index (κ1) is 34.4. The third-order valence-corrected chi connectivity index (χ3v) is 5.52. The molecule has 8 N–H and O–H groups in total. The molecule has 0 saturated carbocycles. The van der Waals surface area contributed by atoms with Crippen molar-refractivity contribution in [2.24, 2.45) is 17.4 Å². The smallest absolute Gasteiger partial charge is 0.303 e. The molecule has 0 radical (unpaired) electrons. The SMILES string of the molecule is CC(C)CCCCCCCCCCCCCCC(=O)O.NCCNCCNCCNCCN. The Hall–Kier alpha value is -0.730. The van der Waals surface area contributed by atoms with E-state index < -0.39 is 5.97 Å². The van der Waals surface area contributed by atoms with Gasteiger partial charge in [0.1, 0.15) is 0 Å². The first-order chi connectivity index (χ1) is 16.0. The lowest BCUT2D eigenvalue weighted by molar-refractivity contribution is -0.137. The molecule has 0 amide bonds. The molecular weight excluding hydrogens is 414 g/mol. The second-order valence-electron chi connectivity index (χ2n) is 9.40. The number of carboxylic acids is 1. The number of nitrogens with two attached hydrogens (primary N) is 2. The van der Waals surface area contributed by atoms with Gasteiger partial charge in [-0.25, -0.2) is 0 Å². The van der Waals surface area contributed by atoms with Gasteiger partial charge in [0.05, 0.1) is 0 Å². The molecule has 0 aliphatic heterocycles. The van der Waals surface area contributed by atoms with Crippen LogP contribution in [0.4, 0.5) is 0 Å². The summed E-state index contributed by atoms with van der Waals surface area (Å²) in [6, 6.07) is 0. The molecule has 0 aromatic heterocycles. The zero-order valence-corrected chi connectivity index (χ0v) is 22.1. The predicted octanol–water partition coefficient (Wildman–Crippen LogP) is 3.86. The standard InChI is InChI=1S/C18H36O2.C8H23N5/c1-17(2)15-13-11-9-7-5-3-4-6-8-10-12-14-16-18(19)20;9-1-3-11-5-7-13-8-6-12-4-2-10/h17H,3-16H2,1-2H3,(H,19,20);11-13H,1-10H2. The highest BCUT2D eigenvalue weighted by molar-refractivity contribution is 5.66. The van der Waals surface area contributed by atoms with E-state index in [9.17, 15) is 4.79 Å². The van der Waals surface area contributed by atoms with Crippen molar-refractivity contribution in [1.82, 2.24) is 16.0 Å². The van der Waals surface area contributed by atoms with Gasteiger partial charge in [-0.1, -0.05) is 90.9 Å². The van der Waals surface area contributed by atoms with Gasteiger partial charge in [0.25, 0.3) is 0 Å². The molecule has 0 atom stereocenters. The van der Waals surface area contributed by atoms with E-state index in [-0.39, 0.29) is 0 Å². The molecule has 0 aromatic rings. The molecule has 200 valence electrons. The van der Waals surface area contributed by atoms with E-state index >= 15 is 0 Å². The lowest BCUT2D eigenvalue weighted by Crippen LogP contribution is -2.35. The lowest BCUT2D eigenvalue weighted by atomic mass is 10.0. The Kier molecular flexibility index (Phi) is 32.6. The molecule has 0 aliphatic carbocycles. The Morgan fingerprint density at radius 1 is 0.606 bits per heavy atom. The summed E-state index contributed by atoms with van der Waals surface area (Å²) in [5, 5.41) is 18.2. The quantitative estimate of drug-likeness (QED) is 0.111. The zero-order valence-electron chi connectivity index (χ0n) is 22.1. The molecule has 0 fully saturated rings. The van der Waals surface area contributed by atoms with Crippen LogP contribution in [0.5, 0.6) is 0 Å². The van der Waals surface area contributed by atoms with E-state index in [0.717, 1.165) is 58.0 Å². The number of hydrogen-bond acceptors (Lipinski definition) is 6. The van der Waals surface area contributed by atoms with Crippen LogP contribution in [-0.2, 0) is 4.79 Å². The van der Waals surface area contributed by atoms with Gasteiger partial charge in [0.15, 0.2) is 0 Å². The summed E-state index contributed by atoms with van der Waals surface area (Å²) in [5.74, 6) is 0.212. The summed E-state index contributed by atoms with van der Waals surface area (Å²) >= 11 is 0. The van der Waals surface area contributed by atoms with Gasteiger partial charge in [-0.3, -0.25) is 4.79 Å². The normalized spacial score (nSPS) is 10.9. The fourth-order valence-electron chi connectivity index (χ4n) is 3.53. The summed E-state index contributed by atoms with van der Waals surface area (Å²) in [6.07, 6.45) is 17.3. The Balaban J connectivity index is 0. The van der Waals surface area contributed by atoms with E-state index in [2.05, 4.69) is 29.8 Å². The minimum atomic E-state index is -0.654. The van der Waals surface area contributed by atoms with Crippen molar-refractivity contribution in [3.8, 4) is 0 Å². The maximum Gasteiger partial charge on any atom is 0.303 e. The number of rotatable bonds is 25. The fourth-order valence-corrected chi connectivity index (χ4v) is 3.53. The van der Waals surface area contributed by atoms with Crippen LogP contribution in [0.1, 0.15) is 104 Å². The molecule has 0 heterocycles. The van der Waals surface area contributed by atoms with Crippen LogP contribution in [0, 0.1) is 5.92 Å². The van der Waals surface area contributed by atoms with Gasteiger partial charge < -0.3 is 32.5 Å². The molecule has 7 heteroatoms. The molecular formula is C26H59N5O2. The van der Waals surface area contributed by atoms with Crippen molar-refractivity contribution in [2.45, 2.75) is 104 Å². The van der Waals surface area contributed by atoms with Crippen LogP contribution < -0.4 is 27.4 Å². The summed E-state index contributed by atoms with van der Waals surface area (Å²) in [4.78, 5) is 10.3. The Morgan fingerprint density at radius 2 is 0.939 bits per heavy atom. The van der Waals surface area contributed by atoms with Crippen LogP contribution in [0.15, 0.2) is 0 Å². The van der Waals surface area contributed by atoms with Crippen molar-refractivity contribution in [1.29, 1.82) is 0 Å². The fraction of sp³-hybridized carbons (Fsp3) is 0.962. The molecule has 0 saturated heterocycles. The number of carboxylic acid groups (broad SMARTS) is 1. The molecule has 0 unspecified atom stereocenters. The molecule has 0 aromatic carbocycles. The summed E-state index contributed by atoms with van der Waals surface area (Å²) in [5.41, 5.74) is 10.6. The van der Waals surface area contributed by atoms with E-state index in [1.807, 2.05) is 0 Å². The monoisotopic (exact) mass is 473 g/mol. The minimum absolute atomic E-state index is 0.344. The number of aliphatic carboxylic acids is 1. The summed E-state index contributed by atoms with van der Waals surface area (Å²) in [6.45, 7) is 11.8. The topological polar surface area (TPSA) is 125 Å². The predicted molar refractivity (Wildman–Crippen MR) is 144 cm³/mol. The van der Waals surface area contributed by atoms with Gasteiger partial charge in [0.2, 0.25) is 0 Å². The Bertz CT molecular complexity index is 361. The third kappa shape index (κ3) is 38.8. The maximum atomic E-state index is 10.3. The lowest BCUT2D eigenvalue weighted by Gasteiger charge is -2.06. The first-order valence-corrected chi connectivity index (χ1v) is 13.8. The second kappa shape index (κ2) is 31.3. The summed E-state index contributed by atoms with van der Waals surface area (Å²) in [7, 11) is 0. The second-order valence-corrected chi connectivity index (χ2v) is 9.40. The highest BCUT2D eigenvalue weighted by atomic mass is 16.4. The van der Waals surface area contributed by atoms with Crippen molar-refractivity contribution in [2.75, 3.05) is 52.4 Å². The largest absolute Gasteiger partial charge is 0.481 e. The number of hydrogen-bond donors (Lipinski definition) is 6. The molecule has 0 rings (SSSR count). The highest BCUT2D eigenvalue weighted by Crippen LogP contribution is 2.14. The van der Waals surface area contributed by atoms with Crippen LogP contribution in [0.3, 0.4) is 0 Å². The molecule has 0 spiro atoms. The van der Waals surface area contributed by atoms with Crippen LogP contribution in [-0.4, -0.2) is 63.4 Å². The van der Waals surface area contributed by atoms with Crippen molar-refractivity contribution >= 4 is 5.97 Å². The maximum absolute atomic E-state index is 10.3. The van der Waals surface area contributed by atoms with E-state index in [0.29, 0.717) is 19.5 Å². The highest BCUT2D eigenvalue weighted by Gasteiger charge is 1.97. The average molecular weight is 474 g/mol. The van der Waals surface area contributed by atoms with Gasteiger partial charge in [0, 0.05) is 58.8 Å². The third-order valence-electron chi connectivity index (χ3n) is 5.52. The molecule has 0 aliphatic rings. The minimum Gasteiger partial charge on any atom is -0.481 e. The van der Waals surface area contributed by atoms with E-state index in [4.69, 9.17) is 16.6 Å². The van der Waals surface area contributed by atoms with Gasteiger partial charge in [-0.05, 0) is 12.3 Å². The van der Waals surface area contributed by atoms with Crippen LogP contribution in [0.2, 0.25) is 0 Å². The van der Waals surface area contributed by atoms with Gasteiger partial charge >= 0.3 is 5.97 Å².